The summed E-state index contributed by atoms with van der Waals surface area (Å²) in [4.78, 5) is 3.98. The van der Waals surface area contributed by atoms with Crippen LogP contribution in [0.2, 0.25) is 0 Å². The molecule has 0 amide bonds. The number of aromatic hydroxyl groups is 1. The molecule has 0 aliphatic carbocycles. The van der Waals surface area contributed by atoms with Crippen molar-refractivity contribution >= 4 is 10.9 Å². The molecule has 3 nitrogen and oxygen atoms in total. The Balaban J connectivity index is 2.82. The van der Waals surface area contributed by atoms with Gasteiger partial charge in [0.2, 0.25) is 0 Å². The molecule has 1 aromatic heterocycles. The summed E-state index contributed by atoms with van der Waals surface area (Å²) in [6.45, 7) is 0. The molecule has 0 aliphatic rings. The number of hydrogen-bond donors (Lipinski definition) is 1. The molecule has 1 aromatic carbocycles. The number of fused-ring (bicyclic) bond motifs is 1. The minimum absolute atomic E-state index is 0.141. The van der Waals surface area contributed by atoms with Crippen molar-refractivity contribution in [1.82, 2.24) is 4.98 Å². The number of nitrogens with zero attached hydrogens (tertiary/aromatic N) is 2. The number of phenolic OH excluding ortho intramolecular Hbond substituents is 1. The third-order valence-corrected chi connectivity index (χ3v) is 1.82. The monoisotopic (exact) mass is 170 g/mol. The van der Waals surface area contributed by atoms with Crippen LogP contribution in [-0.4, -0.2) is 10.1 Å². The van der Waals surface area contributed by atoms with Crippen molar-refractivity contribution in [2.24, 2.45) is 0 Å². The molecule has 0 unspecified atom stereocenters. The van der Waals surface area contributed by atoms with Crippen LogP contribution in [0.5, 0.6) is 5.75 Å². The van der Waals surface area contributed by atoms with Gasteiger partial charge < -0.3 is 5.11 Å². The second kappa shape index (κ2) is 2.76. The average molecular weight is 170 g/mol. The Kier molecular flexibility index (Phi) is 1.60. The summed E-state index contributed by atoms with van der Waals surface area (Å²) in [6, 6.07) is 8.79. The second-order valence-electron chi connectivity index (χ2n) is 2.68. The molecule has 2 rings (SSSR count). The second-order valence-corrected chi connectivity index (χ2v) is 2.68. The highest BCUT2D eigenvalue weighted by Crippen LogP contribution is 2.21. The van der Waals surface area contributed by atoms with Crippen LogP contribution >= 0.6 is 0 Å². The lowest BCUT2D eigenvalue weighted by molar-refractivity contribution is 0.480. The fourth-order valence-corrected chi connectivity index (χ4v) is 1.21. The van der Waals surface area contributed by atoms with Gasteiger partial charge in [-0.3, -0.25) is 4.98 Å². The molecule has 0 atom stereocenters. The molecular weight excluding hydrogens is 164 g/mol. The fraction of sp³-hybridized carbons (Fsp3) is 0. The van der Waals surface area contributed by atoms with E-state index in [1.807, 2.05) is 12.1 Å². The molecule has 0 saturated carbocycles. The van der Waals surface area contributed by atoms with Crippen molar-refractivity contribution in [3.05, 3.63) is 36.0 Å². The summed E-state index contributed by atoms with van der Waals surface area (Å²) in [5.74, 6) is 0.141. The molecule has 0 radical (unpaired) electrons. The topological polar surface area (TPSA) is 56.9 Å². The van der Waals surface area contributed by atoms with E-state index in [1.54, 1.807) is 18.2 Å². The predicted molar refractivity (Wildman–Crippen MR) is 48.1 cm³/mol. The van der Waals surface area contributed by atoms with Gasteiger partial charge in [-0.1, -0.05) is 12.1 Å². The highest BCUT2D eigenvalue weighted by molar-refractivity contribution is 5.84. The Morgan fingerprint density at radius 2 is 2.23 bits per heavy atom. The molecule has 0 bridgehead atoms. The van der Waals surface area contributed by atoms with Crippen LogP contribution in [0.15, 0.2) is 30.5 Å². The molecule has 1 heterocycles. The van der Waals surface area contributed by atoms with E-state index >= 15 is 0 Å². The molecule has 0 fully saturated rings. The van der Waals surface area contributed by atoms with Crippen molar-refractivity contribution in [3.8, 4) is 11.8 Å². The van der Waals surface area contributed by atoms with Crippen LogP contribution < -0.4 is 0 Å². The van der Waals surface area contributed by atoms with Gasteiger partial charge in [-0.05, 0) is 12.1 Å². The average Bonchev–Trinajstić information content (AvgIpc) is 2.18. The van der Waals surface area contributed by atoms with Gasteiger partial charge in [0.1, 0.15) is 17.3 Å². The quantitative estimate of drug-likeness (QED) is 0.656. The highest BCUT2D eigenvalue weighted by Gasteiger charge is 2.00. The van der Waals surface area contributed by atoms with Gasteiger partial charge in [0.05, 0.1) is 5.56 Å². The molecule has 3 heteroatoms. The summed E-state index contributed by atoms with van der Waals surface area (Å²) < 4.78 is 0. The van der Waals surface area contributed by atoms with Crippen LogP contribution in [0.1, 0.15) is 5.56 Å². The normalized spacial score (nSPS) is 9.77. The SMILES string of the molecule is N#Cc1cnc2c(O)cccc2c1. The molecule has 0 saturated heterocycles. The summed E-state index contributed by atoms with van der Waals surface area (Å²) in [5, 5.41) is 18.8. The molecular formula is C10H6N2O. The van der Waals surface area contributed by atoms with E-state index in [0.29, 0.717) is 11.1 Å². The Labute approximate surface area is 74.9 Å². The lowest BCUT2D eigenvalue weighted by Crippen LogP contribution is -1.81. The molecule has 13 heavy (non-hydrogen) atoms. The van der Waals surface area contributed by atoms with E-state index in [2.05, 4.69) is 4.98 Å². The number of phenols is 1. The van der Waals surface area contributed by atoms with Crippen LogP contribution in [0, 0.1) is 11.3 Å². The Morgan fingerprint density at radius 1 is 1.38 bits per heavy atom. The number of benzene rings is 1. The number of nitriles is 1. The zero-order chi connectivity index (χ0) is 9.26. The zero-order valence-corrected chi connectivity index (χ0v) is 6.73. The molecule has 0 aliphatic heterocycles. The Hall–Kier alpha value is -2.08. The standard InChI is InChI=1S/C10H6N2O/c11-5-7-4-8-2-1-3-9(13)10(8)12-6-7/h1-4,6,13H. The Morgan fingerprint density at radius 3 is 3.00 bits per heavy atom. The number of aromatic nitrogens is 1. The number of para-hydroxylation sites is 1. The summed E-state index contributed by atoms with van der Waals surface area (Å²) in [7, 11) is 0. The molecule has 62 valence electrons. The maximum atomic E-state index is 9.39. The predicted octanol–water partition coefficient (Wildman–Crippen LogP) is 1.81. The van der Waals surface area contributed by atoms with Crippen LogP contribution in [0.3, 0.4) is 0 Å². The summed E-state index contributed by atoms with van der Waals surface area (Å²) >= 11 is 0. The van der Waals surface area contributed by atoms with Crippen LogP contribution in [0.25, 0.3) is 10.9 Å². The van der Waals surface area contributed by atoms with E-state index in [1.165, 1.54) is 6.20 Å². The minimum atomic E-state index is 0.141. The van der Waals surface area contributed by atoms with E-state index in [9.17, 15) is 5.11 Å². The lowest BCUT2D eigenvalue weighted by Gasteiger charge is -1.98. The molecule has 2 aromatic rings. The van der Waals surface area contributed by atoms with Crippen molar-refractivity contribution < 1.29 is 5.11 Å². The van der Waals surface area contributed by atoms with Gasteiger partial charge >= 0.3 is 0 Å². The van der Waals surface area contributed by atoms with E-state index in [4.69, 9.17) is 5.26 Å². The minimum Gasteiger partial charge on any atom is -0.506 e. The van der Waals surface area contributed by atoms with E-state index < -0.39 is 0 Å². The van der Waals surface area contributed by atoms with Gasteiger partial charge in [0, 0.05) is 11.6 Å². The van der Waals surface area contributed by atoms with Crippen LogP contribution in [-0.2, 0) is 0 Å². The summed E-state index contributed by atoms with van der Waals surface area (Å²) in [5.41, 5.74) is 1.03. The maximum absolute atomic E-state index is 9.39. The summed E-state index contributed by atoms with van der Waals surface area (Å²) in [6.07, 6.45) is 1.45. The number of rotatable bonds is 0. The third kappa shape index (κ3) is 1.18. The molecule has 0 spiro atoms. The van der Waals surface area contributed by atoms with Gasteiger partial charge in [0.25, 0.3) is 0 Å². The smallest absolute Gasteiger partial charge is 0.141 e. The maximum Gasteiger partial charge on any atom is 0.141 e. The third-order valence-electron chi connectivity index (χ3n) is 1.82. The highest BCUT2D eigenvalue weighted by atomic mass is 16.3. The fourth-order valence-electron chi connectivity index (χ4n) is 1.21. The van der Waals surface area contributed by atoms with Crippen molar-refractivity contribution in [1.29, 1.82) is 5.26 Å². The van der Waals surface area contributed by atoms with Crippen LogP contribution in [0.4, 0.5) is 0 Å². The Bertz CT molecular complexity index is 500. The largest absolute Gasteiger partial charge is 0.506 e. The van der Waals surface area contributed by atoms with Crippen molar-refractivity contribution in [3.63, 3.8) is 0 Å². The van der Waals surface area contributed by atoms with Gasteiger partial charge in [-0.25, -0.2) is 0 Å². The molecule has 1 N–H and O–H groups in total. The van der Waals surface area contributed by atoms with E-state index in [-0.39, 0.29) is 5.75 Å². The van der Waals surface area contributed by atoms with Crippen molar-refractivity contribution in [2.45, 2.75) is 0 Å². The van der Waals surface area contributed by atoms with Crippen molar-refractivity contribution in [2.75, 3.05) is 0 Å². The first-order chi connectivity index (χ1) is 6.31. The lowest BCUT2D eigenvalue weighted by atomic mass is 10.1. The van der Waals surface area contributed by atoms with Gasteiger partial charge in [-0.15, -0.1) is 0 Å². The first kappa shape index (κ1) is 7.56. The first-order valence-corrected chi connectivity index (χ1v) is 3.79. The number of hydrogen-bond acceptors (Lipinski definition) is 3. The zero-order valence-electron chi connectivity index (χ0n) is 6.73. The van der Waals surface area contributed by atoms with Gasteiger partial charge in [0.15, 0.2) is 0 Å². The van der Waals surface area contributed by atoms with E-state index in [0.717, 1.165) is 5.39 Å². The first-order valence-electron chi connectivity index (χ1n) is 3.79. The van der Waals surface area contributed by atoms with Gasteiger partial charge in [-0.2, -0.15) is 5.26 Å². The number of pyridine rings is 1.